The molecule has 2 aromatic carbocycles. The van der Waals surface area contributed by atoms with Crippen molar-refractivity contribution in [1.29, 1.82) is 0 Å². The average Bonchev–Trinajstić information content (AvgIpc) is 3.00. The van der Waals surface area contributed by atoms with Crippen LogP contribution in [0.5, 0.6) is 0 Å². The molecular weight excluding hydrogens is 356 g/mol. The standard InChI is InChI=1S/C22H22N2O4/c1-14(2)11-21(20(25)12-24-23)28-22(26)27-13-19-17-9-5-3-7-15(17)16-8-4-6-10-18(16)19/h3-10,12,14,19,21H,11,13H2,1-2H3/t21-/m0/s1. The van der Waals surface area contributed by atoms with E-state index in [-0.39, 0.29) is 18.4 Å². The van der Waals surface area contributed by atoms with E-state index in [1.165, 1.54) is 0 Å². The first kappa shape index (κ1) is 19.5. The van der Waals surface area contributed by atoms with Crippen molar-refractivity contribution in [3.05, 3.63) is 65.2 Å². The van der Waals surface area contributed by atoms with Crippen LogP contribution in [0, 0.1) is 5.92 Å². The van der Waals surface area contributed by atoms with E-state index < -0.39 is 18.0 Å². The summed E-state index contributed by atoms with van der Waals surface area (Å²) in [5.41, 5.74) is 13.0. The predicted octanol–water partition coefficient (Wildman–Crippen LogP) is 4.24. The number of rotatable bonds is 7. The number of nitrogens with zero attached hydrogens (tertiary/aromatic N) is 2. The number of fused-ring (bicyclic) bond motifs is 3. The van der Waals surface area contributed by atoms with Gasteiger partial charge in [-0.1, -0.05) is 62.4 Å². The summed E-state index contributed by atoms with van der Waals surface area (Å²) in [4.78, 5) is 26.9. The second kappa shape index (κ2) is 8.63. The van der Waals surface area contributed by atoms with Gasteiger partial charge in [-0.05, 0) is 34.6 Å². The van der Waals surface area contributed by atoms with Crippen LogP contribution in [0.1, 0.15) is 37.3 Å². The highest BCUT2D eigenvalue weighted by atomic mass is 16.7. The first-order chi connectivity index (χ1) is 13.5. The van der Waals surface area contributed by atoms with E-state index in [0.29, 0.717) is 6.42 Å². The summed E-state index contributed by atoms with van der Waals surface area (Å²) in [5, 5.41) is 0. The molecule has 0 saturated carbocycles. The van der Waals surface area contributed by atoms with Crippen molar-refractivity contribution >= 4 is 18.2 Å². The van der Waals surface area contributed by atoms with Crippen LogP contribution >= 0.6 is 0 Å². The van der Waals surface area contributed by atoms with Gasteiger partial charge in [0.25, 0.3) is 5.78 Å². The molecule has 0 aliphatic heterocycles. The van der Waals surface area contributed by atoms with Crippen molar-refractivity contribution < 1.29 is 23.9 Å². The molecule has 2 aromatic rings. The maximum absolute atomic E-state index is 12.2. The Morgan fingerprint density at radius 2 is 1.64 bits per heavy atom. The van der Waals surface area contributed by atoms with Gasteiger partial charge in [0.1, 0.15) is 6.61 Å². The van der Waals surface area contributed by atoms with Gasteiger partial charge in [0, 0.05) is 5.92 Å². The topological polar surface area (TPSA) is 89.0 Å². The van der Waals surface area contributed by atoms with Gasteiger partial charge >= 0.3 is 12.4 Å². The number of hydrogen-bond acceptors (Lipinski definition) is 4. The number of hydrogen-bond donors (Lipinski definition) is 0. The van der Waals surface area contributed by atoms with Crippen LogP contribution in [0.4, 0.5) is 4.79 Å². The van der Waals surface area contributed by atoms with E-state index in [2.05, 4.69) is 16.9 Å². The monoisotopic (exact) mass is 378 g/mol. The van der Waals surface area contributed by atoms with Crippen molar-refractivity contribution in [3.8, 4) is 11.1 Å². The van der Waals surface area contributed by atoms with E-state index >= 15 is 0 Å². The van der Waals surface area contributed by atoms with E-state index in [4.69, 9.17) is 15.0 Å². The molecule has 0 unspecified atom stereocenters. The molecule has 1 aliphatic rings. The summed E-state index contributed by atoms with van der Waals surface area (Å²) in [6.45, 7) is 3.92. The summed E-state index contributed by atoms with van der Waals surface area (Å²) in [7, 11) is 0. The zero-order valence-electron chi connectivity index (χ0n) is 15.9. The molecule has 1 atom stereocenters. The van der Waals surface area contributed by atoms with E-state index in [1.54, 1.807) is 0 Å². The van der Waals surface area contributed by atoms with Gasteiger partial charge < -0.3 is 15.0 Å². The summed E-state index contributed by atoms with van der Waals surface area (Å²) in [6.07, 6.45) is -0.891. The lowest BCUT2D eigenvalue weighted by atomic mass is 9.98. The maximum Gasteiger partial charge on any atom is 0.509 e. The third-order valence-corrected chi connectivity index (χ3v) is 4.76. The first-order valence-electron chi connectivity index (χ1n) is 9.24. The maximum atomic E-state index is 12.2. The van der Waals surface area contributed by atoms with Gasteiger partial charge in [0.2, 0.25) is 0 Å². The largest absolute Gasteiger partial charge is 0.509 e. The van der Waals surface area contributed by atoms with Crippen LogP contribution in [0.25, 0.3) is 16.7 Å². The lowest BCUT2D eigenvalue weighted by molar-refractivity contribution is -0.126. The van der Waals surface area contributed by atoms with Crippen molar-refractivity contribution in [2.24, 2.45) is 5.92 Å². The normalized spacial score (nSPS) is 13.2. The Kier molecular flexibility index (Phi) is 6.02. The molecule has 0 amide bonds. The van der Waals surface area contributed by atoms with Crippen molar-refractivity contribution in [2.75, 3.05) is 6.61 Å². The Hall–Kier alpha value is -3.24. The molecule has 1 aliphatic carbocycles. The van der Waals surface area contributed by atoms with Gasteiger partial charge in [0.15, 0.2) is 6.10 Å². The molecule has 0 radical (unpaired) electrons. The Morgan fingerprint density at radius 1 is 1.07 bits per heavy atom. The minimum Gasteiger partial charge on any atom is -0.433 e. The van der Waals surface area contributed by atoms with Crippen LogP contribution in [-0.2, 0) is 14.3 Å². The molecule has 0 aromatic heterocycles. The molecule has 6 nitrogen and oxygen atoms in total. The third-order valence-electron chi connectivity index (χ3n) is 4.76. The average molecular weight is 378 g/mol. The van der Waals surface area contributed by atoms with Gasteiger partial charge in [-0.2, -0.15) is 4.79 Å². The molecule has 0 N–H and O–H groups in total. The molecule has 0 heterocycles. The molecule has 0 saturated heterocycles. The van der Waals surface area contributed by atoms with E-state index in [1.807, 2.05) is 50.2 Å². The van der Waals surface area contributed by atoms with Crippen LogP contribution < -0.4 is 0 Å². The number of carbonyl (C=O) groups is 2. The van der Waals surface area contributed by atoms with E-state index in [0.717, 1.165) is 28.5 Å². The number of ether oxygens (including phenoxy) is 2. The predicted molar refractivity (Wildman–Crippen MR) is 104 cm³/mol. The van der Waals surface area contributed by atoms with Crippen LogP contribution in [-0.4, -0.2) is 35.7 Å². The second-order valence-electron chi connectivity index (χ2n) is 7.17. The lowest BCUT2D eigenvalue weighted by Crippen LogP contribution is -2.30. The Labute approximate surface area is 163 Å². The van der Waals surface area contributed by atoms with Gasteiger partial charge in [0.05, 0.1) is 0 Å². The number of Topliss-reactive ketones (excluding diaryl/α,β-unsaturated/α-hetero) is 1. The molecule has 0 fully saturated rings. The fourth-order valence-electron chi connectivity index (χ4n) is 3.53. The second-order valence-corrected chi connectivity index (χ2v) is 7.17. The number of ketones is 1. The zero-order valence-corrected chi connectivity index (χ0v) is 15.9. The fourth-order valence-corrected chi connectivity index (χ4v) is 3.53. The van der Waals surface area contributed by atoms with Crippen LogP contribution in [0.3, 0.4) is 0 Å². The molecule has 3 rings (SSSR count). The molecule has 144 valence electrons. The quantitative estimate of drug-likeness (QED) is 0.312. The van der Waals surface area contributed by atoms with Crippen LogP contribution in [0.15, 0.2) is 48.5 Å². The van der Waals surface area contributed by atoms with Gasteiger partial charge in [-0.15, -0.1) is 0 Å². The Bertz CT molecular complexity index is 886. The fraction of sp³-hybridized carbons (Fsp3) is 0.318. The Balaban J connectivity index is 1.70. The SMILES string of the molecule is CC(C)C[C@H](OC(=O)OCC1c2ccccc2-c2ccccc21)C(=O)C=[N+]=[N-]. The van der Waals surface area contributed by atoms with Crippen LogP contribution in [0.2, 0.25) is 0 Å². The highest BCUT2D eigenvalue weighted by Gasteiger charge is 2.31. The first-order valence-corrected chi connectivity index (χ1v) is 9.24. The summed E-state index contributed by atoms with van der Waals surface area (Å²) >= 11 is 0. The molecular formula is C22H22N2O4. The number of carbonyl (C=O) groups excluding carboxylic acids is 2. The zero-order chi connectivity index (χ0) is 20.1. The van der Waals surface area contributed by atoms with E-state index in [9.17, 15) is 9.59 Å². The smallest absolute Gasteiger partial charge is 0.433 e. The van der Waals surface area contributed by atoms with Gasteiger partial charge in [-0.3, -0.25) is 4.79 Å². The minimum atomic E-state index is -1.04. The highest BCUT2D eigenvalue weighted by Crippen LogP contribution is 2.44. The van der Waals surface area contributed by atoms with Crippen molar-refractivity contribution in [2.45, 2.75) is 32.3 Å². The molecule has 28 heavy (non-hydrogen) atoms. The number of benzene rings is 2. The summed E-state index contributed by atoms with van der Waals surface area (Å²) in [6, 6.07) is 16.0. The summed E-state index contributed by atoms with van der Waals surface area (Å²) < 4.78 is 10.6. The minimum absolute atomic E-state index is 0.0850. The van der Waals surface area contributed by atoms with Gasteiger partial charge in [-0.25, -0.2) is 4.79 Å². The molecule has 6 heteroatoms. The van der Waals surface area contributed by atoms with Crippen molar-refractivity contribution in [1.82, 2.24) is 0 Å². The molecule has 0 bridgehead atoms. The highest BCUT2D eigenvalue weighted by molar-refractivity contribution is 6.27. The molecule has 0 spiro atoms. The lowest BCUT2D eigenvalue weighted by Gasteiger charge is -2.17. The third kappa shape index (κ3) is 4.18. The summed E-state index contributed by atoms with van der Waals surface area (Å²) in [5.74, 6) is -0.551. The van der Waals surface area contributed by atoms with Crippen molar-refractivity contribution in [3.63, 3.8) is 0 Å². The Morgan fingerprint density at radius 3 is 2.18 bits per heavy atom.